The van der Waals surface area contributed by atoms with E-state index in [-0.39, 0.29) is 33.4 Å². The molecule has 3 heterocycles. The van der Waals surface area contributed by atoms with Gasteiger partial charge in [0.2, 0.25) is 0 Å². The predicted molar refractivity (Wildman–Crippen MR) is 137 cm³/mol. The SMILES string of the molecule is CC1=N[I-]C=C(CNc2ncnc3c(OC4CCCCOCC4)cc(-c4ccc(F)cc4)cc23)C=C1. The van der Waals surface area contributed by atoms with Crippen LogP contribution >= 0.6 is 0 Å². The summed E-state index contributed by atoms with van der Waals surface area (Å²) in [5, 5.41) is 4.37. The quantitative estimate of drug-likeness (QED) is 0.442. The normalized spacial score (nSPS) is 18.8. The van der Waals surface area contributed by atoms with E-state index in [1.807, 2.05) is 13.0 Å². The summed E-state index contributed by atoms with van der Waals surface area (Å²) in [7, 11) is 0. The molecule has 0 bridgehead atoms. The zero-order chi connectivity index (χ0) is 24.7. The van der Waals surface area contributed by atoms with Crippen molar-refractivity contribution in [1.82, 2.24) is 9.97 Å². The number of benzene rings is 2. The Morgan fingerprint density at radius 3 is 2.83 bits per heavy atom. The van der Waals surface area contributed by atoms with E-state index in [1.54, 1.807) is 18.5 Å². The molecule has 0 saturated carbocycles. The van der Waals surface area contributed by atoms with E-state index < -0.39 is 0 Å². The van der Waals surface area contributed by atoms with Crippen LogP contribution < -0.4 is 31.5 Å². The number of nitrogens with zero attached hydrogens (tertiary/aromatic N) is 3. The second kappa shape index (κ2) is 11.9. The Hall–Kier alpha value is -2.85. The summed E-state index contributed by atoms with van der Waals surface area (Å²) in [6.07, 6.45) is 9.72. The van der Waals surface area contributed by atoms with Crippen LogP contribution in [0.15, 0.2) is 67.7 Å². The molecule has 1 aromatic heterocycles. The summed E-state index contributed by atoms with van der Waals surface area (Å²) >= 11 is -0.340. The number of anilines is 1. The van der Waals surface area contributed by atoms with Crippen molar-refractivity contribution in [1.29, 1.82) is 0 Å². The van der Waals surface area contributed by atoms with Crippen LogP contribution in [0.1, 0.15) is 32.6 Å². The summed E-state index contributed by atoms with van der Waals surface area (Å²) in [5.74, 6) is 1.19. The minimum atomic E-state index is -0.340. The van der Waals surface area contributed by atoms with Crippen molar-refractivity contribution in [3.8, 4) is 16.9 Å². The first-order valence-corrected chi connectivity index (χ1v) is 14.4. The molecule has 36 heavy (non-hydrogen) atoms. The second-order valence-corrected chi connectivity index (χ2v) is 10.6. The van der Waals surface area contributed by atoms with E-state index in [4.69, 9.17) is 9.47 Å². The Morgan fingerprint density at radius 2 is 1.94 bits per heavy atom. The average Bonchev–Trinajstić information content (AvgIpc) is 3.08. The Bertz CT molecular complexity index is 1300. The number of aromatic nitrogens is 2. The van der Waals surface area contributed by atoms with Crippen molar-refractivity contribution in [2.75, 3.05) is 25.1 Å². The minimum absolute atomic E-state index is 0.0526. The van der Waals surface area contributed by atoms with Crippen molar-refractivity contribution < 1.29 is 35.3 Å². The van der Waals surface area contributed by atoms with Crippen LogP contribution in [0.3, 0.4) is 0 Å². The van der Waals surface area contributed by atoms with Gasteiger partial charge in [0.15, 0.2) is 0 Å². The number of hydrogen-bond acceptors (Lipinski definition) is 6. The van der Waals surface area contributed by atoms with Gasteiger partial charge in [-0.3, -0.25) is 0 Å². The first-order valence-electron chi connectivity index (χ1n) is 12.2. The fourth-order valence-corrected chi connectivity index (χ4v) is 5.77. The number of allylic oxidation sites excluding steroid dienone is 1. The molecule has 1 fully saturated rings. The van der Waals surface area contributed by atoms with Crippen molar-refractivity contribution in [2.24, 2.45) is 3.21 Å². The molecule has 0 amide bonds. The van der Waals surface area contributed by atoms with Gasteiger partial charge in [-0.15, -0.1) is 0 Å². The Labute approximate surface area is 221 Å². The molecule has 3 aromatic rings. The maximum atomic E-state index is 13.6. The monoisotopic (exact) mass is 599 g/mol. The van der Waals surface area contributed by atoms with Gasteiger partial charge in [-0.05, 0) is 6.42 Å². The number of rotatable bonds is 6. The van der Waals surface area contributed by atoms with E-state index in [1.165, 1.54) is 17.7 Å². The average molecular weight is 599 g/mol. The molecular weight excluding hydrogens is 570 g/mol. The van der Waals surface area contributed by atoms with Crippen molar-refractivity contribution in [2.45, 2.75) is 38.7 Å². The maximum absolute atomic E-state index is 13.6. The zero-order valence-electron chi connectivity index (χ0n) is 20.2. The van der Waals surface area contributed by atoms with E-state index in [9.17, 15) is 4.39 Å². The topological polar surface area (TPSA) is 68.6 Å². The van der Waals surface area contributed by atoms with Gasteiger partial charge in [0.25, 0.3) is 0 Å². The van der Waals surface area contributed by atoms with Crippen molar-refractivity contribution in [3.63, 3.8) is 0 Å². The van der Waals surface area contributed by atoms with Gasteiger partial charge in [0.05, 0.1) is 0 Å². The fraction of sp³-hybridized carbons (Fsp3) is 0.321. The molecule has 1 N–H and O–H groups in total. The molecule has 2 aromatic carbocycles. The molecule has 1 unspecified atom stereocenters. The molecule has 5 rings (SSSR count). The van der Waals surface area contributed by atoms with E-state index in [0.717, 1.165) is 65.8 Å². The number of nitrogens with one attached hydrogen (secondary N) is 1. The van der Waals surface area contributed by atoms with Gasteiger partial charge >= 0.3 is 200 Å². The first-order chi connectivity index (χ1) is 17.7. The van der Waals surface area contributed by atoms with Crippen LogP contribution in [-0.2, 0) is 4.74 Å². The molecule has 0 radical (unpaired) electrons. The molecule has 8 heteroatoms. The summed E-state index contributed by atoms with van der Waals surface area (Å²) in [6.45, 7) is 4.18. The molecule has 0 spiro atoms. The van der Waals surface area contributed by atoms with Crippen LogP contribution in [0.25, 0.3) is 22.0 Å². The summed E-state index contributed by atoms with van der Waals surface area (Å²) in [5.41, 5.74) is 4.85. The van der Waals surface area contributed by atoms with Gasteiger partial charge in [-0.1, -0.05) is 0 Å². The van der Waals surface area contributed by atoms with Crippen LogP contribution in [0, 0.1) is 5.82 Å². The van der Waals surface area contributed by atoms with E-state index in [0.29, 0.717) is 18.9 Å². The van der Waals surface area contributed by atoms with Gasteiger partial charge in [-0.2, -0.15) is 0 Å². The Kier molecular flexibility index (Phi) is 8.22. The molecular formula is C28H29FIN4O2-. The van der Waals surface area contributed by atoms with Crippen LogP contribution in [0.2, 0.25) is 0 Å². The van der Waals surface area contributed by atoms with E-state index >= 15 is 0 Å². The number of ether oxygens (including phenoxy) is 2. The Balaban J connectivity index is 1.50. The van der Waals surface area contributed by atoms with Gasteiger partial charge in [0.1, 0.15) is 0 Å². The predicted octanol–water partition coefficient (Wildman–Crippen LogP) is 3.10. The van der Waals surface area contributed by atoms with Gasteiger partial charge in [-0.25, -0.2) is 4.39 Å². The summed E-state index contributed by atoms with van der Waals surface area (Å²) in [4.78, 5) is 9.17. The van der Waals surface area contributed by atoms with Crippen LogP contribution in [-0.4, -0.2) is 41.5 Å². The summed E-state index contributed by atoms with van der Waals surface area (Å²) in [6, 6.07) is 10.6. The van der Waals surface area contributed by atoms with Crippen LogP contribution in [0.5, 0.6) is 5.75 Å². The molecule has 1 saturated heterocycles. The third-order valence-corrected chi connectivity index (χ3v) is 8.31. The molecule has 1 atom stereocenters. The number of fused-ring (bicyclic) bond motifs is 1. The molecule has 0 aliphatic carbocycles. The number of halogens is 2. The zero-order valence-corrected chi connectivity index (χ0v) is 22.4. The third kappa shape index (κ3) is 6.28. The van der Waals surface area contributed by atoms with Gasteiger partial charge in [0, 0.05) is 6.61 Å². The van der Waals surface area contributed by atoms with Crippen molar-refractivity contribution >= 4 is 22.4 Å². The molecule has 188 valence electrons. The fourth-order valence-electron chi connectivity index (χ4n) is 4.25. The van der Waals surface area contributed by atoms with E-state index in [2.05, 4.69) is 40.8 Å². The third-order valence-electron chi connectivity index (χ3n) is 6.19. The second-order valence-electron chi connectivity index (χ2n) is 8.93. The molecule has 2 aliphatic heterocycles. The standard InChI is InChI=1S/C28H29FIN4O2/c1-19-5-6-20(16-30-34-19)17-31-28-25-14-22(21-7-9-23(29)10-8-21)15-26(27(25)32-18-33-28)36-24-4-2-3-12-35-13-11-24/h5-10,14-16,18,24H,2-4,11-13,17H2,1H3,(H,31,32,33)/q-1. The van der Waals surface area contributed by atoms with Gasteiger partial charge < -0.3 is 4.74 Å². The molecule has 6 nitrogen and oxygen atoms in total. The van der Waals surface area contributed by atoms with Crippen molar-refractivity contribution in [3.05, 3.63) is 70.4 Å². The Morgan fingerprint density at radius 1 is 1.06 bits per heavy atom. The number of hydrogen-bond donors (Lipinski definition) is 1. The molecule has 2 aliphatic rings. The van der Waals surface area contributed by atoms with Crippen LogP contribution in [0.4, 0.5) is 10.2 Å². The summed E-state index contributed by atoms with van der Waals surface area (Å²) < 4.78 is 32.7. The first kappa shape index (κ1) is 24.8.